The van der Waals surface area contributed by atoms with Gasteiger partial charge in [0.25, 0.3) is 0 Å². The Bertz CT molecular complexity index is 221. The van der Waals surface area contributed by atoms with Gasteiger partial charge < -0.3 is 5.11 Å². The van der Waals surface area contributed by atoms with Crippen LogP contribution in [0.3, 0.4) is 0 Å². The smallest absolute Gasteiger partial charge is 0.0954 e. The molecule has 0 fully saturated rings. The third-order valence-corrected chi connectivity index (χ3v) is 2.69. The van der Waals surface area contributed by atoms with E-state index in [-0.39, 0.29) is 5.41 Å². The van der Waals surface area contributed by atoms with E-state index < -0.39 is 0 Å². The van der Waals surface area contributed by atoms with Gasteiger partial charge >= 0.3 is 0 Å². The highest BCUT2D eigenvalue weighted by Crippen LogP contribution is 2.41. The van der Waals surface area contributed by atoms with Crippen LogP contribution in [0, 0.1) is 5.41 Å². The summed E-state index contributed by atoms with van der Waals surface area (Å²) in [5.41, 5.74) is 2.25. The monoisotopic (exact) mass is 152 g/mol. The van der Waals surface area contributed by atoms with Crippen molar-refractivity contribution in [2.45, 2.75) is 33.6 Å². The lowest BCUT2D eigenvalue weighted by molar-refractivity contribution is 0.309. The molecule has 62 valence electrons. The lowest BCUT2D eigenvalue weighted by atomic mass is 9.73. The van der Waals surface area contributed by atoms with Gasteiger partial charge in [-0.3, -0.25) is 0 Å². The maximum atomic E-state index is 9.40. The molecule has 1 aliphatic carbocycles. The van der Waals surface area contributed by atoms with Gasteiger partial charge in [-0.05, 0) is 29.9 Å². The highest BCUT2D eigenvalue weighted by Gasteiger charge is 2.28. The highest BCUT2D eigenvalue weighted by atomic mass is 16.3. The molecule has 1 heteroatoms. The van der Waals surface area contributed by atoms with Crippen LogP contribution in [-0.2, 0) is 0 Å². The summed E-state index contributed by atoms with van der Waals surface area (Å²) in [5.74, 6) is 0.523. The number of hydrogen-bond donors (Lipinski definition) is 1. The van der Waals surface area contributed by atoms with Gasteiger partial charge in [-0.25, -0.2) is 0 Å². The first-order chi connectivity index (χ1) is 4.95. The predicted octanol–water partition coefficient (Wildman–Crippen LogP) is 3.19. The van der Waals surface area contributed by atoms with E-state index in [4.69, 9.17) is 0 Å². The maximum Gasteiger partial charge on any atom is 0.0954 e. The van der Waals surface area contributed by atoms with Crippen molar-refractivity contribution >= 4 is 0 Å². The van der Waals surface area contributed by atoms with Gasteiger partial charge in [0.1, 0.15) is 0 Å². The number of aliphatic hydroxyl groups is 1. The maximum absolute atomic E-state index is 9.40. The number of hydrogen-bond acceptors (Lipinski definition) is 1. The Kier molecular flexibility index (Phi) is 1.83. The summed E-state index contributed by atoms with van der Waals surface area (Å²) in [5, 5.41) is 9.40. The van der Waals surface area contributed by atoms with Crippen LogP contribution in [0.2, 0.25) is 0 Å². The van der Waals surface area contributed by atoms with Crippen LogP contribution in [0.1, 0.15) is 33.6 Å². The molecule has 0 saturated heterocycles. The molecule has 1 aliphatic rings. The normalized spacial score (nSPS) is 24.1. The van der Waals surface area contributed by atoms with Crippen LogP contribution >= 0.6 is 0 Å². The molecule has 0 radical (unpaired) electrons. The van der Waals surface area contributed by atoms with Crippen molar-refractivity contribution in [2.24, 2.45) is 5.41 Å². The van der Waals surface area contributed by atoms with Crippen LogP contribution in [0.25, 0.3) is 0 Å². The second kappa shape index (κ2) is 2.40. The predicted molar refractivity (Wildman–Crippen MR) is 47.5 cm³/mol. The molecule has 11 heavy (non-hydrogen) atoms. The van der Waals surface area contributed by atoms with Gasteiger partial charge in [0, 0.05) is 6.42 Å². The molecule has 1 rings (SSSR count). The molecular formula is C10H16O. The quantitative estimate of drug-likeness (QED) is 0.565. The average Bonchev–Trinajstić information content (AvgIpc) is 1.95. The third kappa shape index (κ3) is 1.32. The number of allylic oxidation sites excluding steroid dienone is 3. The largest absolute Gasteiger partial charge is 0.512 e. The molecule has 0 saturated carbocycles. The Hall–Kier alpha value is -0.720. The minimum atomic E-state index is 0.177. The third-order valence-electron chi connectivity index (χ3n) is 2.69. The summed E-state index contributed by atoms with van der Waals surface area (Å²) < 4.78 is 0. The molecule has 0 spiro atoms. The van der Waals surface area contributed by atoms with E-state index >= 15 is 0 Å². The molecule has 0 bridgehead atoms. The van der Waals surface area contributed by atoms with Crippen molar-refractivity contribution in [1.29, 1.82) is 0 Å². The van der Waals surface area contributed by atoms with E-state index in [0.717, 1.165) is 24.0 Å². The standard InChI is InChI=1S/C10H16O/c1-7-8(2)10(3,4)6-5-9(7)11/h11H,2,5-6H2,1,3-4H3. The SMILES string of the molecule is C=C1C(C)=C(O)CCC1(C)C. The molecule has 0 heterocycles. The van der Waals surface area contributed by atoms with Gasteiger partial charge in [0.2, 0.25) is 0 Å². The topological polar surface area (TPSA) is 20.2 Å². The summed E-state index contributed by atoms with van der Waals surface area (Å²) >= 11 is 0. The van der Waals surface area contributed by atoms with Crippen molar-refractivity contribution in [3.8, 4) is 0 Å². The first-order valence-electron chi connectivity index (χ1n) is 4.03. The second-order valence-electron chi connectivity index (χ2n) is 3.93. The zero-order valence-electron chi connectivity index (χ0n) is 7.57. The van der Waals surface area contributed by atoms with Gasteiger partial charge in [-0.15, -0.1) is 0 Å². The van der Waals surface area contributed by atoms with Crippen LogP contribution in [0.5, 0.6) is 0 Å². The molecule has 0 aromatic heterocycles. The van der Waals surface area contributed by atoms with E-state index in [0.29, 0.717) is 5.76 Å². The molecule has 0 aliphatic heterocycles. The number of rotatable bonds is 0. The Morgan fingerprint density at radius 2 is 2.00 bits per heavy atom. The summed E-state index contributed by atoms with van der Waals surface area (Å²) in [6, 6.07) is 0. The van der Waals surface area contributed by atoms with E-state index in [1.165, 1.54) is 0 Å². The Labute approximate surface area is 68.4 Å². The van der Waals surface area contributed by atoms with Crippen LogP contribution < -0.4 is 0 Å². The van der Waals surface area contributed by atoms with Gasteiger partial charge in [0.15, 0.2) is 0 Å². The highest BCUT2D eigenvalue weighted by molar-refractivity contribution is 5.36. The second-order valence-corrected chi connectivity index (χ2v) is 3.93. The Morgan fingerprint density at radius 3 is 2.45 bits per heavy atom. The van der Waals surface area contributed by atoms with E-state index in [1.54, 1.807) is 0 Å². The number of aliphatic hydroxyl groups excluding tert-OH is 1. The molecule has 0 unspecified atom stereocenters. The van der Waals surface area contributed by atoms with Crippen molar-refractivity contribution in [3.05, 3.63) is 23.5 Å². The van der Waals surface area contributed by atoms with Crippen LogP contribution in [-0.4, -0.2) is 5.11 Å². The van der Waals surface area contributed by atoms with Crippen LogP contribution in [0.15, 0.2) is 23.5 Å². The molecule has 0 amide bonds. The summed E-state index contributed by atoms with van der Waals surface area (Å²) in [4.78, 5) is 0. The molecule has 1 N–H and O–H groups in total. The van der Waals surface area contributed by atoms with Crippen molar-refractivity contribution in [2.75, 3.05) is 0 Å². The van der Waals surface area contributed by atoms with Gasteiger partial charge in [-0.2, -0.15) is 0 Å². The van der Waals surface area contributed by atoms with Crippen molar-refractivity contribution < 1.29 is 5.11 Å². The van der Waals surface area contributed by atoms with E-state index in [2.05, 4.69) is 20.4 Å². The summed E-state index contributed by atoms with van der Waals surface area (Å²) in [6.45, 7) is 10.3. The fourth-order valence-electron chi connectivity index (χ4n) is 1.45. The Morgan fingerprint density at radius 1 is 1.45 bits per heavy atom. The first-order valence-corrected chi connectivity index (χ1v) is 4.03. The molecule has 1 nitrogen and oxygen atoms in total. The minimum Gasteiger partial charge on any atom is -0.512 e. The van der Waals surface area contributed by atoms with Gasteiger partial charge in [0.05, 0.1) is 5.76 Å². The zero-order valence-corrected chi connectivity index (χ0v) is 7.57. The molecular weight excluding hydrogens is 136 g/mol. The Balaban J connectivity index is 3.00. The first kappa shape index (κ1) is 8.38. The van der Waals surface area contributed by atoms with E-state index in [9.17, 15) is 5.11 Å². The fourth-order valence-corrected chi connectivity index (χ4v) is 1.45. The minimum absolute atomic E-state index is 0.177. The lowest BCUT2D eigenvalue weighted by Gasteiger charge is -2.32. The van der Waals surface area contributed by atoms with E-state index in [1.807, 2.05) is 6.92 Å². The lowest BCUT2D eigenvalue weighted by Crippen LogP contribution is -2.20. The zero-order chi connectivity index (χ0) is 8.65. The average molecular weight is 152 g/mol. The van der Waals surface area contributed by atoms with Crippen molar-refractivity contribution in [1.82, 2.24) is 0 Å². The summed E-state index contributed by atoms with van der Waals surface area (Å²) in [6.07, 6.45) is 1.81. The van der Waals surface area contributed by atoms with Gasteiger partial charge in [-0.1, -0.05) is 20.4 Å². The molecule has 0 atom stereocenters. The molecule has 0 aromatic rings. The summed E-state index contributed by atoms with van der Waals surface area (Å²) in [7, 11) is 0. The fraction of sp³-hybridized carbons (Fsp3) is 0.600. The molecule has 0 aromatic carbocycles. The van der Waals surface area contributed by atoms with Crippen LogP contribution in [0.4, 0.5) is 0 Å². The van der Waals surface area contributed by atoms with Crippen molar-refractivity contribution in [3.63, 3.8) is 0 Å².